The minimum atomic E-state index is -0.630. The normalized spacial score (nSPS) is 15.9. The molecular formula is C24H21IN2O4S. The number of carbonyl (C=O) groups is 1. The first-order chi connectivity index (χ1) is 15.4. The van der Waals surface area contributed by atoms with Crippen molar-refractivity contribution >= 4 is 46.0 Å². The zero-order chi connectivity index (χ0) is 22.8. The van der Waals surface area contributed by atoms with Crippen LogP contribution in [0.2, 0.25) is 0 Å². The van der Waals surface area contributed by atoms with Gasteiger partial charge in [0.25, 0.3) is 5.56 Å². The van der Waals surface area contributed by atoms with Crippen LogP contribution in [0.5, 0.6) is 5.75 Å². The molecule has 1 aliphatic heterocycles. The molecule has 1 aliphatic rings. The molecule has 164 valence electrons. The molecule has 8 heteroatoms. The lowest BCUT2D eigenvalue weighted by atomic mass is 9.96. The van der Waals surface area contributed by atoms with Gasteiger partial charge in [0.1, 0.15) is 5.75 Å². The summed E-state index contributed by atoms with van der Waals surface area (Å²) in [5, 5.41) is 0. The van der Waals surface area contributed by atoms with Gasteiger partial charge >= 0.3 is 5.97 Å². The van der Waals surface area contributed by atoms with Crippen molar-refractivity contribution < 1.29 is 14.3 Å². The van der Waals surface area contributed by atoms with Crippen LogP contribution in [0.4, 0.5) is 0 Å². The molecule has 1 atom stereocenters. The highest BCUT2D eigenvalue weighted by Crippen LogP contribution is 2.31. The molecule has 1 aromatic heterocycles. The molecular weight excluding hydrogens is 539 g/mol. The van der Waals surface area contributed by atoms with Crippen LogP contribution in [-0.2, 0) is 9.53 Å². The van der Waals surface area contributed by atoms with Crippen molar-refractivity contribution in [1.82, 2.24) is 4.57 Å². The van der Waals surface area contributed by atoms with E-state index in [0.29, 0.717) is 26.4 Å². The number of aromatic nitrogens is 1. The van der Waals surface area contributed by atoms with Crippen LogP contribution in [0, 0.1) is 3.57 Å². The molecule has 0 saturated heterocycles. The van der Waals surface area contributed by atoms with Crippen LogP contribution in [0.15, 0.2) is 69.6 Å². The summed E-state index contributed by atoms with van der Waals surface area (Å²) >= 11 is 3.56. The number of hydrogen-bond acceptors (Lipinski definition) is 6. The molecule has 0 aliphatic carbocycles. The lowest BCUT2D eigenvalue weighted by molar-refractivity contribution is -0.139. The van der Waals surface area contributed by atoms with Gasteiger partial charge in [0.2, 0.25) is 0 Å². The molecule has 0 radical (unpaired) electrons. The number of benzene rings is 2. The van der Waals surface area contributed by atoms with E-state index in [9.17, 15) is 9.59 Å². The van der Waals surface area contributed by atoms with E-state index in [4.69, 9.17) is 9.47 Å². The van der Waals surface area contributed by atoms with Crippen LogP contribution in [0.3, 0.4) is 0 Å². The maximum absolute atomic E-state index is 13.5. The molecule has 0 amide bonds. The molecule has 4 rings (SSSR count). The molecule has 0 spiro atoms. The lowest BCUT2D eigenvalue weighted by Crippen LogP contribution is -2.39. The fraction of sp³-hybridized carbons (Fsp3) is 0.208. The van der Waals surface area contributed by atoms with E-state index in [2.05, 4.69) is 27.6 Å². The number of halogens is 1. The highest BCUT2D eigenvalue weighted by atomic mass is 127. The topological polar surface area (TPSA) is 69.9 Å². The number of methoxy groups -OCH3 is 1. The van der Waals surface area contributed by atoms with Crippen LogP contribution in [-0.4, -0.2) is 24.3 Å². The van der Waals surface area contributed by atoms with Crippen molar-refractivity contribution in [1.29, 1.82) is 0 Å². The van der Waals surface area contributed by atoms with Crippen LogP contribution in [0.1, 0.15) is 31.0 Å². The number of ether oxygens (including phenoxy) is 2. The minimum Gasteiger partial charge on any atom is -0.497 e. The molecule has 3 aromatic rings. The van der Waals surface area contributed by atoms with Crippen molar-refractivity contribution in [2.45, 2.75) is 19.9 Å². The van der Waals surface area contributed by atoms with Crippen molar-refractivity contribution in [3.05, 3.63) is 94.2 Å². The molecule has 2 heterocycles. The standard InChI is InChI=1S/C24H21IN2O4S/c1-4-31-23(29)20-14(2)26-24-27(21(20)16-7-11-18(30-3)12-8-16)22(28)19(32-24)13-15-5-9-17(25)10-6-15/h5-13,21H,4H2,1-3H3. The summed E-state index contributed by atoms with van der Waals surface area (Å²) in [4.78, 5) is 31.5. The van der Waals surface area contributed by atoms with Crippen molar-refractivity contribution in [3.8, 4) is 5.75 Å². The van der Waals surface area contributed by atoms with E-state index in [1.165, 1.54) is 11.3 Å². The van der Waals surface area contributed by atoms with Gasteiger partial charge in [-0.2, -0.15) is 0 Å². The lowest BCUT2D eigenvalue weighted by Gasteiger charge is -2.24. The summed E-state index contributed by atoms with van der Waals surface area (Å²) in [5.74, 6) is 0.222. The van der Waals surface area contributed by atoms with Gasteiger partial charge in [0.15, 0.2) is 4.80 Å². The third-order valence-corrected chi connectivity index (χ3v) is 6.82. The second-order valence-electron chi connectivity index (χ2n) is 7.13. The summed E-state index contributed by atoms with van der Waals surface area (Å²) in [7, 11) is 1.59. The smallest absolute Gasteiger partial charge is 0.338 e. The van der Waals surface area contributed by atoms with Gasteiger partial charge in [-0.1, -0.05) is 35.6 Å². The third kappa shape index (κ3) is 4.29. The average molecular weight is 560 g/mol. The van der Waals surface area contributed by atoms with E-state index >= 15 is 0 Å². The second-order valence-corrected chi connectivity index (χ2v) is 9.38. The average Bonchev–Trinajstić information content (AvgIpc) is 3.09. The number of allylic oxidation sites excluding steroid dienone is 1. The van der Waals surface area contributed by atoms with Crippen LogP contribution >= 0.6 is 33.9 Å². The fourth-order valence-electron chi connectivity index (χ4n) is 3.60. The predicted octanol–water partition coefficient (Wildman–Crippen LogP) is 3.41. The first kappa shape index (κ1) is 22.5. The van der Waals surface area contributed by atoms with Crippen molar-refractivity contribution in [2.24, 2.45) is 4.99 Å². The van der Waals surface area contributed by atoms with E-state index in [-0.39, 0.29) is 12.2 Å². The Labute approximate surface area is 202 Å². The molecule has 0 saturated carbocycles. The number of nitrogens with zero attached hydrogens (tertiary/aromatic N) is 2. The van der Waals surface area contributed by atoms with E-state index < -0.39 is 12.0 Å². The zero-order valence-electron chi connectivity index (χ0n) is 17.8. The van der Waals surface area contributed by atoms with E-state index in [1.54, 1.807) is 25.5 Å². The Morgan fingerprint density at radius 1 is 1.19 bits per heavy atom. The first-order valence-corrected chi connectivity index (χ1v) is 11.9. The van der Waals surface area contributed by atoms with E-state index in [1.807, 2.05) is 54.6 Å². The second kappa shape index (κ2) is 9.41. The van der Waals surface area contributed by atoms with Gasteiger partial charge in [-0.05, 0) is 77.9 Å². The van der Waals surface area contributed by atoms with Crippen LogP contribution < -0.4 is 19.6 Å². The zero-order valence-corrected chi connectivity index (χ0v) is 20.8. The van der Waals surface area contributed by atoms with Crippen LogP contribution in [0.25, 0.3) is 6.08 Å². The number of carbonyl (C=O) groups excluding carboxylic acids is 1. The molecule has 0 N–H and O–H groups in total. The minimum absolute atomic E-state index is 0.192. The Balaban J connectivity index is 1.93. The van der Waals surface area contributed by atoms with Gasteiger partial charge in [0.05, 0.1) is 35.6 Å². The van der Waals surface area contributed by atoms with Crippen molar-refractivity contribution in [3.63, 3.8) is 0 Å². The summed E-state index contributed by atoms with van der Waals surface area (Å²) in [6.07, 6.45) is 1.86. The number of hydrogen-bond donors (Lipinski definition) is 0. The van der Waals surface area contributed by atoms with Gasteiger partial charge < -0.3 is 9.47 Å². The summed E-state index contributed by atoms with van der Waals surface area (Å²) in [5.41, 5.74) is 2.43. The van der Waals surface area contributed by atoms with Gasteiger partial charge in [0, 0.05) is 3.57 Å². The Bertz CT molecular complexity index is 1370. The molecule has 0 fully saturated rings. The predicted molar refractivity (Wildman–Crippen MR) is 133 cm³/mol. The van der Waals surface area contributed by atoms with E-state index in [0.717, 1.165) is 14.7 Å². The monoisotopic (exact) mass is 560 g/mol. The van der Waals surface area contributed by atoms with Gasteiger partial charge in [-0.3, -0.25) is 9.36 Å². The van der Waals surface area contributed by atoms with Gasteiger partial charge in [-0.25, -0.2) is 9.79 Å². The number of fused-ring (bicyclic) bond motifs is 1. The maximum atomic E-state index is 13.5. The fourth-order valence-corrected chi connectivity index (χ4v) is 5.01. The Hall–Kier alpha value is -2.72. The first-order valence-electron chi connectivity index (χ1n) is 10.0. The SMILES string of the molecule is CCOC(=O)C1=C(C)N=c2sc(=Cc3ccc(I)cc3)c(=O)n2C1c1ccc(OC)cc1. The number of esters is 1. The van der Waals surface area contributed by atoms with Gasteiger partial charge in [-0.15, -0.1) is 0 Å². The number of rotatable bonds is 5. The Morgan fingerprint density at radius 2 is 1.88 bits per heavy atom. The van der Waals surface area contributed by atoms with Crippen molar-refractivity contribution in [2.75, 3.05) is 13.7 Å². The Kier molecular flexibility index (Phi) is 6.61. The highest BCUT2D eigenvalue weighted by Gasteiger charge is 2.33. The molecule has 6 nitrogen and oxygen atoms in total. The quantitative estimate of drug-likeness (QED) is 0.355. The molecule has 32 heavy (non-hydrogen) atoms. The summed E-state index contributed by atoms with van der Waals surface area (Å²) < 4.78 is 13.8. The summed E-state index contributed by atoms with van der Waals surface area (Å²) in [6, 6.07) is 14.6. The Morgan fingerprint density at radius 3 is 2.50 bits per heavy atom. The third-order valence-electron chi connectivity index (χ3n) is 5.12. The molecule has 2 aromatic carbocycles. The molecule has 1 unspecified atom stereocenters. The highest BCUT2D eigenvalue weighted by molar-refractivity contribution is 14.1. The maximum Gasteiger partial charge on any atom is 0.338 e. The molecule has 0 bridgehead atoms. The summed E-state index contributed by atoms with van der Waals surface area (Å²) in [6.45, 7) is 3.77. The largest absolute Gasteiger partial charge is 0.497 e. The number of thiazole rings is 1.